The van der Waals surface area contributed by atoms with Crippen molar-refractivity contribution in [2.45, 2.75) is 13.3 Å². The molecule has 1 aromatic heterocycles. The summed E-state index contributed by atoms with van der Waals surface area (Å²) in [5.74, 6) is 0.158. The Balaban J connectivity index is 2.25. The Hall–Kier alpha value is -1.38. The molecular formula is C10H11N2O. The Bertz CT molecular complexity index is 318. The third-order valence-electron chi connectivity index (χ3n) is 2.14. The van der Waals surface area contributed by atoms with E-state index >= 15 is 0 Å². The Morgan fingerprint density at radius 1 is 1.46 bits per heavy atom. The molecule has 3 heteroatoms. The summed E-state index contributed by atoms with van der Waals surface area (Å²) in [7, 11) is 0. The van der Waals surface area contributed by atoms with Gasteiger partial charge in [-0.25, -0.2) is 0 Å². The van der Waals surface area contributed by atoms with E-state index in [1.54, 1.807) is 11.1 Å². The maximum Gasteiger partial charge on any atom is 0.227 e. The Labute approximate surface area is 77.4 Å². The first-order valence-corrected chi connectivity index (χ1v) is 4.32. The third kappa shape index (κ3) is 1.54. The first-order valence-electron chi connectivity index (χ1n) is 4.32. The van der Waals surface area contributed by atoms with Crippen LogP contribution >= 0.6 is 0 Å². The number of pyridine rings is 1. The SMILES string of the molecule is Cc1ccc(N2C[CH]CC2=O)cn1. The van der Waals surface area contributed by atoms with E-state index in [4.69, 9.17) is 0 Å². The van der Waals surface area contributed by atoms with Gasteiger partial charge in [-0.15, -0.1) is 0 Å². The molecule has 1 fully saturated rings. The number of aryl methyl sites for hydroxylation is 1. The highest BCUT2D eigenvalue weighted by atomic mass is 16.2. The predicted molar refractivity (Wildman–Crippen MR) is 50.2 cm³/mol. The minimum atomic E-state index is 0.158. The van der Waals surface area contributed by atoms with Gasteiger partial charge >= 0.3 is 0 Å². The van der Waals surface area contributed by atoms with Crippen LogP contribution in [0.5, 0.6) is 0 Å². The summed E-state index contributed by atoms with van der Waals surface area (Å²) in [5.41, 5.74) is 1.86. The normalized spacial score (nSPS) is 16.7. The molecule has 2 heterocycles. The second kappa shape index (κ2) is 3.17. The van der Waals surface area contributed by atoms with Gasteiger partial charge in [-0.05, 0) is 25.5 Å². The molecule has 3 nitrogen and oxygen atoms in total. The summed E-state index contributed by atoms with van der Waals surface area (Å²) in [4.78, 5) is 17.2. The van der Waals surface area contributed by atoms with Gasteiger partial charge in [0.2, 0.25) is 5.91 Å². The van der Waals surface area contributed by atoms with Crippen molar-refractivity contribution < 1.29 is 4.79 Å². The molecule has 1 aliphatic heterocycles. The number of anilines is 1. The molecule has 0 aliphatic carbocycles. The molecule has 0 saturated carbocycles. The number of nitrogens with zero attached hydrogens (tertiary/aromatic N) is 2. The molecule has 0 unspecified atom stereocenters. The highest BCUT2D eigenvalue weighted by Gasteiger charge is 2.21. The molecule has 0 atom stereocenters. The van der Waals surface area contributed by atoms with Crippen LogP contribution in [0, 0.1) is 13.3 Å². The van der Waals surface area contributed by atoms with E-state index in [0.29, 0.717) is 13.0 Å². The lowest BCUT2D eigenvalue weighted by atomic mass is 10.3. The van der Waals surface area contributed by atoms with Gasteiger partial charge in [-0.2, -0.15) is 0 Å². The fraction of sp³-hybridized carbons (Fsp3) is 0.300. The third-order valence-corrected chi connectivity index (χ3v) is 2.14. The summed E-state index contributed by atoms with van der Waals surface area (Å²) in [6.45, 7) is 2.64. The van der Waals surface area contributed by atoms with E-state index in [-0.39, 0.29) is 5.91 Å². The lowest BCUT2D eigenvalue weighted by Crippen LogP contribution is -2.23. The van der Waals surface area contributed by atoms with Crippen LogP contribution in [-0.4, -0.2) is 17.4 Å². The molecule has 1 aromatic rings. The van der Waals surface area contributed by atoms with E-state index in [9.17, 15) is 4.79 Å². The van der Waals surface area contributed by atoms with E-state index in [2.05, 4.69) is 4.98 Å². The van der Waals surface area contributed by atoms with Crippen molar-refractivity contribution in [3.05, 3.63) is 30.4 Å². The summed E-state index contributed by atoms with van der Waals surface area (Å²) in [6.07, 6.45) is 4.27. The topological polar surface area (TPSA) is 33.2 Å². The van der Waals surface area contributed by atoms with Gasteiger partial charge in [0.05, 0.1) is 11.9 Å². The smallest absolute Gasteiger partial charge is 0.227 e. The number of amides is 1. The zero-order chi connectivity index (χ0) is 9.26. The van der Waals surface area contributed by atoms with Gasteiger partial charge in [0.15, 0.2) is 0 Å². The van der Waals surface area contributed by atoms with Crippen LogP contribution < -0.4 is 4.90 Å². The zero-order valence-corrected chi connectivity index (χ0v) is 7.53. The largest absolute Gasteiger partial charge is 0.311 e. The van der Waals surface area contributed by atoms with Crippen LogP contribution in [0.2, 0.25) is 0 Å². The second-order valence-electron chi connectivity index (χ2n) is 3.15. The number of aromatic nitrogens is 1. The zero-order valence-electron chi connectivity index (χ0n) is 7.53. The lowest BCUT2D eigenvalue weighted by Gasteiger charge is -2.14. The summed E-state index contributed by atoms with van der Waals surface area (Å²) in [5, 5.41) is 0. The van der Waals surface area contributed by atoms with Crippen LogP contribution in [-0.2, 0) is 4.79 Å². The molecular weight excluding hydrogens is 164 g/mol. The first-order chi connectivity index (χ1) is 6.27. The monoisotopic (exact) mass is 175 g/mol. The summed E-state index contributed by atoms with van der Waals surface area (Å²) >= 11 is 0. The number of carbonyl (C=O) groups excluding carboxylic acids is 1. The van der Waals surface area contributed by atoms with Gasteiger partial charge in [0.1, 0.15) is 0 Å². The van der Waals surface area contributed by atoms with Crippen molar-refractivity contribution in [1.29, 1.82) is 0 Å². The molecule has 1 aliphatic rings. The van der Waals surface area contributed by atoms with E-state index < -0.39 is 0 Å². The van der Waals surface area contributed by atoms with Crippen LogP contribution in [0.3, 0.4) is 0 Å². The molecule has 0 aromatic carbocycles. The van der Waals surface area contributed by atoms with Crippen molar-refractivity contribution in [2.24, 2.45) is 0 Å². The highest BCUT2D eigenvalue weighted by Crippen LogP contribution is 2.19. The van der Waals surface area contributed by atoms with Gasteiger partial charge in [-0.1, -0.05) is 0 Å². The predicted octanol–water partition coefficient (Wildman–Crippen LogP) is 1.33. The maximum absolute atomic E-state index is 11.3. The van der Waals surface area contributed by atoms with Gasteiger partial charge in [0, 0.05) is 18.7 Å². The van der Waals surface area contributed by atoms with Crippen molar-refractivity contribution >= 4 is 11.6 Å². The number of carbonyl (C=O) groups is 1. The van der Waals surface area contributed by atoms with E-state index in [1.807, 2.05) is 25.5 Å². The fourth-order valence-corrected chi connectivity index (χ4v) is 1.40. The second-order valence-corrected chi connectivity index (χ2v) is 3.15. The van der Waals surface area contributed by atoms with Gasteiger partial charge in [-0.3, -0.25) is 9.78 Å². The van der Waals surface area contributed by atoms with Crippen LogP contribution in [0.25, 0.3) is 0 Å². The number of hydrogen-bond donors (Lipinski definition) is 0. The van der Waals surface area contributed by atoms with Gasteiger partial charge in [0.25, 0.3) is 0 Å². The molecule has 0 N–H and O–H groups in total. The summed E-state index contributed by atoms with van der Waals surface area (Å²) in [6, 6.07) is 3.85. The van der Waals surface area contributed by atoms with Crippen LogP contribution in [0.1, 0.15) is 12.1 Å². The average Bonchev–Trinajstić information content (AvgIpc) is 2.53. The van der Waals surface area contributed by atoms with Crippen molar-refractivity contribution in [3.8, 4) is 0 Å². The Morgan fingerprint density at radius 3 is 2.85 bits per heavy atom. The Morgan fingerprint density at radius 2 is 2.31 bits per heavy atom. The van der Waals surface area contributed by atoms with E-state index in [0.717, 1.165) is 11.4 Å². The number of rotatable bonds is 1. The van der Waals surface area contributed by atoms with Crippen molar-refractivity contribution in [3.63, 3.8) is 0 Å². The molecule has 67 valence electrons. The fourth-order valence-electron chi connectivity index (χ4n) is 1.40. The highest BCUT2D eigenvalue weighted by molar-refractivity contribution is 5.96. The summed E-state index contributed by atoms with van der Waals surface area (Å²) < 4.78 is 0. The standard InChI is InChI=1S/C10H11N2O/c1-8-4-5-9(7-11-8)12-6-2-3-10(12)13/h2,4-5,7H,3,6H2,1H3. The van der Waals surface area contributed by atoms with Gasteiger partial charge < -0.3 is 4.90 Å². The van der Waals surface area contributed by atoms with E-state index in [1.165, 1.54) is 0 Å². The first kappa shape index (κ1) is 8.23. The lowest BCUT2D eigenvalue weighted by molar-refractivity contribution is -0.116. The quantitative estimate of drug-likeness (QED) is 0.645. The van der Waals surface area contributed by atoms with Crippen LogP contribution in [0.4, 0.5) is 5.69 Å². The number of hydrogen-bond acceptors (Lipinski definition) is 2. The Kier molecular flexibility index (Phi) is 2.00. The molecule has 0 spiro atoms. The van der Waals surface area contributed by atoms with Crippen molar-refractivity contribution in [1.82, 2.24) is 4.98 Å². The maximum atomic E-state index is 11.3. The molecule has 1 radical (unpaired) electrons. The molecule has 0 bridgehead atoms. The molecule has 13 heavy (non-hydrogen) atoms. The minimum absolute atomic E-state index is 0.158. The molecule has 1 amide bonds. The van der Waals surface area contributed by atoms with Crippen molar-refractivity contribution in [2.75, 3.05) is 11.4 Å². The molecule has 2 rings (SSSR count). The average molecular weight is 175 g/mol. The minimum Gasteiger partial charge on any atom is -0.311 e. The molecule has 1 saturated heterocycles. The van der Waals surface area contributed by atoms with Crippen LogP contribution in [0.15, 0.2) is 18.3 Å².